The van der Waals surface area contributed by atoms with Gasteiger partial charge in [-0.2, -0.15) is 0 Å². The van der Waals surface area contributed by atoms with Crippen molar-refractivity contribution in [3.63, 3.8) is 0 Å². The first-order valence-corrected chi connectivity index (χ1v) is 10.4. The third-order valence-electron chi connectivity index (χ3n) is 5.62. The Morgan fingerprint density at radius 3 is 1.56 bits per heavy atom. The molecule has 0 heterocycles. The molecule has 0 saturated heterocycles. The first-order chi connectivity index (χ1) is 12.2. The molecule has 0 aromatic heterocycles. The van der Waals surface area contributed by atoms with Crippen LogP contribution in [0.4, 0.5) is 0 Å². The van der Waals surface area contributed by atoms with Crippen LogP contribution in [0.5, 0.6) is 0 Å². The van der Waals surface area contributed by atoms with Gasteiger partial charge in [0.1, 0.15) is 0 Å². The van der Waals surface area contributed by atoms with Crippen LogP contribution >= 0.6 is 0 Å². The Hall–Kier alpha value is -1.56. The molecule has 27 heavy (non-hydrogen) atoms. The van der Waals surface area contributed by atoms with Gasteiger partial charge in [0, 0.05) is 0 Å². The summed E-state index contributed by atoms with van der Waals surface area (Å²) < 4.78 is 0. The lowest BCUT2D eigenvalue weighted by atomic mass is 9.75. The van der Waals surface area contributed by atoms with E-state index in [1.165, 1.54) is 27.8 Å². The van der Waals surface area contributed by atoms with E-state index in [9.17, 15) is 0 Å². The first kappa shape index (κ1) is 21.7. The van der Waals surface area contributed by atoms with Gasteiger partial charge in [0.25, 0.3) is 0 Å². The van der Waals surface area contributed by atoms with Crippen LogP contribution < -0.4 is 0 Å². The molecule has 0 radical (unpaired) electrons. The fraction of sp³-hybridized carbons (Fsp3) is 0.556. The van der Waals surface area contributed by atoms with E-state index in [2.05, 4.69) is 112 Å². The van der Waals surface area contributed by atoms with Crippen LogP contribution in [0.15, 0.2) is 42.5 Å². The molecule has 0 amide bonds. The van der Waals surface area contributed by atoms with Gasteiger partial charge in [0.2, 0.25) is 0 Å². The monoisotopic (exact) mass is 364 g/mol. The maximum Gasteiger partial charge on any atom is -0.0129 e. The van der Waals surface area contributed by atoms with Crippen molar-refractivity contribution in [2.75, 3.05) is 0 Å². The van der Waals surface area contributed by atoms with Gasteiger partial charge in [-0.05, 0) is 56.4 Å². The minimum atomic E-state index is 0.154. The molecule has 0 aliphatic rings. The summed E-state index contributed by atoms with van der Waals surface area (Å²) in [5.74, 6) is 0.508. The van der Waals surface area contributed by atoms with E-state index in [0.717, 1.165) is 6.42 Å². The zero-order chi connectivity index (χ0) is 20.6. The van der Waals surface area contributed by atoms with E-state index in [1.807, 2.05) is 0 Å². The zero-order valence-corrected chi connectivity index (χ0v) is 19.3. The number of benzene rings is 2. The van der Waals surface area contributed by atoms with Gasteiger partial charge in [0.15, 0.2) is 0 Å². The Labute approximate surface area is 168 Å². The molecular formula is C27H40. The second-order valence-electron chi connectivity index (χ2n) is 11.4. The number of hydrogen-bond acceptors (Lipinski definition) is 0. The highest BCUT2D eigenvalue weighted by atomic mass is 14.3. The second-order valence-corrected chi connectivity index (χ2v) is 11.4. The van der Waals surface area contributed by atoms with Crippen molar-refractivity contribution >= 4 is 0 Å². The molecule has 0 saturated carbocycles. The molecule has 1 unspecified atom stereocenters. The van der Waals surface area contributed by atoms with Crippen molar-refractivity contribution in [3.05, 3.63) is 70.3 Å². The average Bonchev–Trinajstić information content (AvgIpc) is 2.52. The molecular weight excluding hydrogens is 324 g/mol. The maximum atomic E-state index is 2.45. The predicted octanol–water partition coefficient (Wildman–Crippen LogP) is 7.93. The molecule has 2 rings (SSSR count). The molecule has 0 fully saturated rings. The fourth-order valence-electron chi connectivity index (χ4n) is 3.71. The van der Waals surface area contributed by atoms with Gasteiger partial charge < -0.3 is 0 Å². The van der Waals surface area contributed by atoms with E-state index in [4.69, 9.17) is 0 Å². The van der Waals surface area contributed by atoms with E-state index in [1.54, 1.807) is 0 Å². The average molecular weight is 365 g/mol. The van der Waals surface area contributed by atoms with E-state index in [-0.39, 0.29) is 16.2 Å². The quantitative estimate of drug-likeness (QED) is 0.518. The standard InChI is InChI=1S/C27H40/c1-19(17-20-11-13-21(14-12-20)25(2,3)4)23-16-15-22(26(5,6)7)18-24(23)27(8,9)10/h11-16,18-19H,17H2,1-10H3. The van der Waals surface area contributed by atoms with Crippen LogP contribution in [0, 0.1) is 0 Å². The summed E-state index contributed by atoms with van der Waals surface area (Å²) in [4.78, 5) is 0. The lowest BCUT2D eigenvalue weighted by Gasteiger charge is -2.30. The molecule has 0 spiro atoms. The van der Waals surface area contributed by atoms with Crippen LogP contribution in [-0.4, -0.2) is 0 Å². The summed E-state index contributed by atoms with van der Waals surface area (Å²) in [6.07, 6.45) is 1.09. The van der Waals surface area contributed by atoms with Crippen molar-refractivity contribution in [1.82, 2.24) is 0 Å². The van der Waals surface area contributed by atoms with Gasteiger partial charge in [-0.15, -0.1) is 0 Å². The van der Waals surface area contributed by atoms with Crippen molar-refractivity contribution < 1.29 is 0 Å². The summed E-state index contributed by atoms with van der Waals surface area (Å²) in [5.41, 5.74) is 7.80. The maximum absolute atomic E-state index is 2.45. The minimum Gasteiger partial charge on any atom is -0.0587 e. The Bertz CT molecular complexity index is 756. The highest BCUT2D eigenvalue weighted by Crippen LogP contribution is 2.36. The van der Waals surface area contributed by atoms with Crippen molar-refractivity contribution in [2.45, 2.75) is 97.8 Å². The molecule has 0 nitrogen and oxygen atoms in total. The summed E-state index contributed by atoms with van der Waals surface area (Å²) in [7, 11) is 0. The Balaban J connectivity index is 2.34. The molecule has 0 heteroatoms. The summed E-state index contributed by atoms with van der Waals surface area (Å²) in [6, 6.07) is 16.4. The van der Waals surface area contributed by atoms with Gasteiger partial charge in [0.05, 0.1) is 0 Å². The van der Waals surface area contributed by atoms with Crippen molar-refractivity contribution in [2.24, 2.45) is 0 Å². The second kappa shape index (κ2) is 7.46. The SMILES string of the molecule is CC(Cc1ccc(C(C)(C)C)cc1)c1ccc(C(C)(C)C)cc1C(C)(C)C. The first-order valence-electron chi connectivity index (χ1n) is 10.4. The Morgan fingerprint density at radius 1 is 0.630 bits per heavy atom. The smallest absolute Gasteiger partial charge is 0.0129 e. The lowest BCUT2D eigenvalue weighted by molar-refractivity contribution is 0.556. The van der Waals surface area contributed by atoms with Crippen LogP contribution in [0.25, 0.3) is 0 Å². The third-order valence-corrected chi connectivity index (χ3v) is 5.62. The summed E-state index contributed by atoms with van der Waals surface area (Å²) in [6.45, 7) is 23.1. The highest BCUT2D eigenvalue weighted by Gasteiger charge is 2.24. The van der Waals surface area contributed by atoms with Crippen LogP contribution in [-0.2, 0) is 22.7 Å². The molecule has 0 bridgehead atoms. The van der Waals surface area contributed by atoms with E-state index < -0.39 is 0 Å². The molecule has 0 N–H and O–H groups in total. The molecule has 0 aliphatic heterocycles. The third kappa shape index (κ3) is 5.47. The summed E-state index contributed by atoms with van der Waals surface area (Å²) >= 11 is 0. The van der Waals surface area contributed by atoms with Gasteiger partial charge >= 0.3 is 0 Å². The molecule has 2 aromatic carbocycles. The summed E-state index contributed by atoms with van der Waals surface area (Å²) in [5, 5.41) is 0. The topological polar surface area (TPSA) is 0 Å². The largest absolute Gasteiger partial charge is 0.0587 e. The van der Waals surface area contributed by atoms with Crippen LogP contribution in [0.2, 0.25) is 0 Å². The zero-order valence-electron chi connectivity index (χ0n) is 19.3. The Morgan fingerprint density at radius 2 is 1.11 bits per heavy atom. The number of rotatable bonds is 3. The van der Waals surface area contributed by atoms with Crippen LogP contribution in [0.1, 0.15) is 103 Å². The fourth-order valence-corrected chi connectivity index (χ4v) is 3.71. The van der Waals surface area contributed by atoms with Crippen molar-refractivity contribution in [1.29, 1.82) is 0 Å². The highest BCUT2D eigenvalue weighted by molar-refractivity contribution is 5.42. The van der Waals surface area contributed by atoms with Gasteiger partial charge in [-0.1, -0.05) is 112 Å². The van der Waals surface area contributed by atoms with Gasteiger partial charge in [-0.25, -0.2) is 0 Å². The molecule has 1 atom stereocenters. The van der Waals surface area contributed by atoms with Gasteiger partial charge in [-0.3, -0.25) is 0 Å². The molecule has 0 aliphatic carbocycles. The van der Waals surface area contributed by atoms with Crippen LogP contribution in [0.3, 0.4) is 0 Å². The molecule has 2 aromatic rings. The number of hydrogen-bond donors (Lipinski definition) is 0. The molecule has 148 valence electrons. The van der Waals surface area contributed by atoms with E-state index in [0.29, 0.717) is 5.92 Å². The lowest BCUT2D eigenvalue weighted by Crippen LogP contribution is -2.19. The minimum absolute atomic E-state index is 0.154. The normalized spacial score (nSPS) is 14.3. The predicted molar refractivity (Wildman–Crippen MR) is 121 cm³/mol. The van der Waals surface area contributed by atoms with Crippen molar-refractivity contribution in [3.8, 4) is 0 Å². The Kier molecular flexibility index (Phi) is 6.00. The van der Waals surface area contributed by atoms with E-state index >= 15 is 0 Å².